The van der Waals surface area contributed by atoms with Crippen molar-refractivity contribution >= 4 is 15.9 Å². The van der Waals surface area contributed by atoms with Gasteiger partial charge in [0.1, 0.15) is 0 Å². The number of hydrogen-bond acceptors (Lipinski definition) is 2. The molecule has 0 radical (unpaired) electrons. The predicted molar refractivity (Wildman–Crippen MR) is 54.1 cm³/mol. The van der Waals surface area contributed by atoms with Crippen molar-refractivity contribution in [3.8, 4) is 0 Å². The summed E-state index contributed by atoms with van der Waals surface area (Å²) in [5, 5.41) is 3.27. The lowest BCUT2D eigenvalue weighted by molar-refractivity contribution is 0.396. The van der Waals surface area contributed by atoms with Gasteiger partial charge in [-0.3, -0.25) is 0 Å². The third-order valence-electron chi connectivity index (χ3n) is 1.28. The van der Waals surface area contributed by atoms with Crippen LogP contribution in [0.25, 0.3) is 0 Å². The molecule has 0 aromatic rings. The molecule has 0 saturated carbocycles. The van der Waals surface area contributed by atoms with Gasteiger partial charge in [-0.1, -0.05) is 22.5 Å². The van der Waals surface area contributed by atoms with Crippen LogP contribution in [-0.4, -0.2) is 38.6 Å². The van der Waals surface area contributed by atoms with Gasteiger partial charge in [0.25, 0.3) is 0 Å². The molecule has 1 N–H and O–H groups in total. The second kappa shape index (κ2) is 6.83. The van der Waals surface area contributed by atoms with Gasteiger partial charge in [-0.2, -0.15) is 0 Å². The molecule has 0 bridgehead atoms. The van der Waals surface area contributed by atoms with E-state index in [2.05, 4.69) is 46.8 Å². The lowest BCUT2D eigenvalue weighted by Crippen LogP contribution is -2.21. The van der Waals surface area contributed by atoms with E-state index in [1.54, 1.807) is 0 Å². The minimum Gasteiger partial charge on any atom is -0.312 e. The third kappa shape index (κ3) is 10.1. The summed E-state index contributed by atoms with van der Waals surface area (Å²) < 4.78 is 1.02. The van der Waals surface area contributed by atoms with Crippen LogP contribution in [0.1, 0.15) is 6.42 Å². The zero-order valence-electron chi connectivity index (χ0n) is 7.36. The molecule has 0 aliphatic carbocycles. The average molecular weight is 221 g/mol. The van der Waals surface area contributed by atoms with Crippen LogP contribution in [0.4, 0.5) is 0 Å². The van der Waals surface area contributed by atoms with E-state index >= 15 is 0 Å². The third-order valence-corrected chi connectivity index (χ3v) is 1.56. The first-order valence-corrected chi connectivity index (χ1v) is 4.61. The van der Waals surface area contributed by atoms with Crippen LogP contribution in [0, 0.1) is 0 Å². The van der Waals surface area contributed by atoms with Gasteiger partial charge in [0.15, 0.2) is 0 Å². The van der Waals surface area contributed by atoms with E-state index in [1.807, 2.05) is 0 Å². The second-order valence-electron chi connectivity index (χ2n) is 2.85. The van der Waals surface area contributed by atoms with E-state index in [0.717, 1.165) is 24.1 Å². The summed E-state index contributed by atoms with van der Waals surface area (Å²) in [6, 6.07) is 0. The number of hydrogen-bond donors (Lipinski definition) is 1. The average Bonchev–Trinajstić information content (AvgIpc) is 1.85. The molecule has 0 saturated heterocycles. The molecule has 11 heavy (non-hydrogen) atoms. The maximum absolute atomic E-state index is 3.73. The standard InChI is InChI=1S/C8H17BrN2/c1-8(9)7-10-5-4-6-11(2)3/h10H,1,4-7H2,2-3H3. The van der Waals surface area contributed by atoms with Crippen LogP contribution in [-0.2, 0) is 0 Å². The van der Waals surface area contributed by atoms with Gasteiger partial charge in [-0.25, -0.2) is 0 Å². The Kier molecular flexibility index (Phi) is 6.91. The Labute approximate surface area is 77.8 Å². The Morgan fingerprint density at radius 2 is 2.18 bits per heavy atom. The van der Waals surface area contributed by atoms with E-state index in [4.69, 9.17) is 0 Å². The molecular formula is C8H17BrN2. The van der Waals surface area contributed by atoms with E-state index < -0.39 is 0 Å². The molecule has 0 heterocycles. The first kappa shape index (κ1) is 11.1. The number of nitrogens with one attached hydrogen (secondary N) is 1. The van der Waals surface area contributed by atoms with Crippen molar-refractivity contribution in [1.29, 1.82) is 0 Å². The second-order valence-corrected chi connectivity index (χ2v) is 3.97. The summed E-state index contributed by atoms with van der Waals surface area (Å²) >= 11 is 3.29. The zero-order chi connectivity index (χ0) is 8.69. The minimum absolute atomic E-state index is 0.868. The van der Waals surface area contributed by atoms with Crippen molar-refractivity contribution in [2.24, 2.45) is 0 Å². The van der Waals surface area contributed by atoms with Gasteiger partial charge >= 0.3 is 0 Å². The maximum Gasteiger partial charge on any atom is 0.0265 e. The highest BCUT2D eigenvalue weighted by atomic mass is 79.9. The molecular weight excluding hydrogens is 204 g/mol. The van der Waals surface area contributed by atoms with Crippen molar-refractivity contribution in [3.05, 3.63) is 11.1 Å². The molecule has 2 nitrogen and oxygen atoms in total. The van der Waals surface area contributed by atoms with E-state index in [1.165, 1.54) is 6.42 Å². The van der Waals surface area contributed by atoms with Crippen molar-refractivity contribution in [3.63, 3.8) is 0 Å². The number of nitrogens with zero attached hydrogens (tertiary/aromatic N) is 1. The van der Waals surface area contributed by atoms with Gasteiger partial charge in [0.2, 0.25) is 0 Å². The minimum atomic E-state index is 0.868. The van der Waals surface area contributed by atoms with Gasteiger partial charge in [0, 0.05) is 11.0 Å². The van der Waals surface area contributed by atoms with E-state index in [9.17, 15) is 0 Å². The summed E-state index contributed by atoms with van der Waals surface area (Å²) in [5.74, 6) is 0. The monoisotopic (exact) mass is 220 g/mol. The summed E-state index contributed by atoms with van der Waals surface area (Å²) in [6.45, 7) is 6.80. The SMILES string of the molecule is C=C(Br)CNCCCN(C)C. The molecule has 0 unspecified atom stereocenters. The van der Waals surface area contributed by atoms with Crippen molar-refractivity contribution < 1.29 is 0 Å². The molecule has 0 atom stereocenters. The van der Waals surface area contributed by atoms with Gasteiger partial charge in [-0.05, 0) is 33.6 Å². The van der Waals surface area contributed by atoms with Gasteiger partial charge < -0.3 is 10.2 Å². The van der Waals surface area contributed by atoms with Crippen LogP contribution in [0.15, 0.2) is 11.1 Å². The topological polar surface area (TPSA) is 15.3 Å². The smallest absolute Gasteiger partial charge is 0.0265 e. The lowest BCUT2D eigenvalue weighted by Gasteiger charge is -2.09. The highest BCUT2D eigenvalue weighted by Crippen LogP contribution is 1.96. The molecule has 0 aliphatic heterocycles. The van der Waals surface area contributed by atoms with Crippen LogP contribution >= 0.6 is 15.9 Å². The molecule has 0 fully saturated rings. The summed E-state index contributed by atoms with van der Waals surface area (Å²) in [6.07, 6.45) is 1.19. The van der Waals surface area contributed by atoms with Crippen molar-refractivity contribution in [1.82, 2.24) is 10.2 Å². The Hall–Kier alpha value is 0.140. The first-order chi connectivity index (χ1) is 5.13. The van der Waals surface area contributed by atoms with Crippen LogP contribution < -0.4 is 5.32 Å². The van der Waals surface area contributed by atoms with Gasteiger partial charge in [-0.15, -0.1) is 0 Å². The molecule has 66 valence electrons. The highest BCUT2D eigenvalue weighted by Gasteiger charge is 1.90. The molecule has 0 amide bonds. The number of rotatable bonds is 6. The lowest BCUT2D eigenvalue weighted by atomic mass is 10.4. The number of halogens is 1. The Balaban J connectivity index is 2.97. The predicted octanol–water partition coefficient (Wildman–Crippen LogP) is 1.44. The molecule has 0 aliphatic rings. The normalized spacial score (nSPS) is 10.5. The van der Waals surface area contributed by atoms with E-state index in [0.29, 0.717) is 0 Å². The Morgan fingerprint density at radius 1 is 1.55 bits per heavy atom. The molecule has 0 spiro atoms. The van der Waals surface area contributed by atoms with Crippen molar-refractivity contribution in [2.75, 3.05) is 33.7 Å². The molecule has 3 heteroatoms. The van der Waals surface area contributed by atoms with Crippen LogP contribution in [0.5, 0.6) is 0 Å². The fourth-order valence-corrected chi connectivity index (χ4v) is 0.943. The Morgan fingerprint density at radius 3 is 2.64 bits per heavy atom. The first-order valence-electron chi connectivity index (χ1n) is 3.81. The van der Waals surface area contributed by atoms with Crippen molar-refractivity contribution in [2.45, 2.75) is 6.42 Å². The molecule has 0 rings (SSSR count). The van der Waals surface area contributed by atoms with E-state index in [-0.39, 0.29) is 0 Å². The highest BCUT2D eigenvalue weighted by molar-refractivity contribution is 9.11. The van der Waals surface area contributed by atoms with Crippen LogP contribution in [0.2, 0.25) is 0 Å². The molecule has 0 aromatic carbocycles. The molecule has 0 aromatic heterocycles. The fraction of sp³-hybridized carbons (Fsp3) is 0.750. The zero-order valence-corrected chi connectivity index (χ0v) is 8.95. The fourth-order valence-electron chi connectivity index (χ4n) is 0.744. The summed E-state index contributed by atoms with van der Waals surface area (Å²) in [7, 11) is 4.17. The summed E-state index contributed by atoms with van der Waals surface area (Å²) in [5.41, 5.74) is 0. The maximum atomic E-state index is 3.73. The van der Waals surface area contributed by atoms with Crippen LogP contribution in [0.3, 0.4) is 0 Å². The summed E-state index contributed by atoms with van der Waals surface area (Å²) in [4.78, 5) is 2.19. The largest absolute Gasteiger partial charge is 0.312 e. The Bertz CT molecular complexity index is 113. The van der Waals surface area contributed by atoms with Gasteiger partial charge in [0.05, 0.1) is 0 Å². The quantitative estimate of drug-likeness (QED) is 0.682.